The number of hydrogen-bond acceptors (Lipinski definition) is 6. The summed E-state index contributed by atoms with van der Waals surface area (Å²) in [6.45, 7) is 1.45. The van der Waals surface area contributed by atoms with Gasteiger partial charge < -0.3 is 9.84 Å². The van der Waals surface area contributed by atoms with Crippen LogP contribution in [0, 0.1) is 0 Å². The summed E-state index contributed by atoms with van der Waals surface area (Å²) in [4.78, 5) is 15.9. The summed E-state index contributed by atoms with van der Waals surface area (Å²) >= 11 is 5.94. The van der Waals surface area contributed by atoms with E-state index in [4.69, 9.17) is 16.3 Å². The Hall–Kier alpha value is -1.87. The molecule has 0 spiro atoms. The molecular formula is C13H13ClF3N3O3. The van der Waals surface area contributed by atoms with Gasteiger partial charge in [0.1, 0.15) is 0 Å². The first-order chi connectivity index (χ1) is 10.7. The van der Waals surface area contributed by atoms with E-state index in [1.165, 1.54) is 25.3 Å². The lowest BCUT2D eigenvalue weighted by atomic mass is 10.1. The number of ether oxygens (including phenoxy) is 1. The molecule has 0 saturated carbocycles. The molecule has 1 aliphatic rings. The molecular weight excluding hydrogens is 339 g/mol. The van der Waals surface area contributed by atoms with Crippen molar-refractivity contribution >= 4 is 29.1 Å². The standard InChI is InChI=1S/C13H13ClF3N3O3/c1-2-23-11(21)12(22)6-8(7-13(15,16)17)19-20(12)10-9(14)4-3-5-18-10/h3-5,22H,2,6-7H2,1H3. The molecule has 1 aromatic rings. The fourth-order valence-electron chi connectivity index (χ4n) is 2.11. The number of anilines is 1. The number of carbonyl (C=O) groups is 1. The number of alkyl halides is 3. The zero-order valence-electron chi connectivity index (χ0n) is 12.0. The van der Waals surface area contributed by atoms with Gasteiger partial charge in [-0.2, -0.15) is 18.3 Å². The number of nitrogens with zero attached hydrogens (tertiary/aromatic N) is 3. The van der Waals surface area contributed by atoms with Crippen molar-refractivity contribution in [2.24, 2.45) is 5.10 Å². The van der Waals surface area contributed by atoms with Crippen molar-refractivity contribution in [3.63, 3.8) is 0 Å². The molecule has 1 aliphatic heterocycles. The minimum atomic E-state index is -4.53. The Balaban J connectivity index is 2.43. The Morgan fingerprint density at radius 1 is 1.57 bits per heavy atom. The SMILES string of the molecule is CCOC(=O)C1(O)CC(CC(F)(F)F)=NN1c1ncccc1Cl. The van der Waals surface area contributed by atoms with Gasteiger partial charge in [-0.15, -0.1) is 0 Å². The molecule has 0 fully saturated rings. The van der Waals surface area contributed by atoms with Crippen LogP contribution in [0.2, 0.25) is 5.02 Å². The number of aromatic nitrogens is 1. The van der Waals surface area contributed by atoms with Crippen molar-refractivity contribution in [1.29, 1.82) is 0 Å². The molecule has 6 nitrogen and oxygen atoms in total. The Labute approximate surface area is 134 Å². The smallest absolute Gasteiger partial charge is 0.394 e. The summed E-state index contributed by atoms with van der Waals surface area (Å²) in [5, 5.41) is 15.0. The summed E-state index contributed by atoms with van der Waals surface area (Å²) in [5.74, 6) is -1.26. The van der Waals surface area contributed by atoms with Gasteiger partial charge in [-0.25, -0.2) is 14.8 Å². The molecule has 1 N–H and O–H groups in total. The molecule has 0 radical (unpaired) electrons. The van der Waals surface area contributed by atoms with Crippen LogP contribution in [0.5, 0.6) is 0 Å². The number of rotatable bonds is 4. The van der Waals surface area contributed by atoms with Crippen LogP contribution in [-0.2, 0) is 9.53 Å². The van der Waals surface area contributed by atoms with Crippen molar-refractivity contribution in [2.75, 3.05) is 11.6 Å². The second-order valence-electron chi connectivity index (χ2n) is 4.79. The normalized spacial score (nSPS) is 21.3. The minimum Gasteiger partial charge on any atom is -0.462 e. The highest BCUT2D eigenvalue weighted by Crippen LogP contribution is 2.37. The van der Waals surface area contributed by atoms with Gasteiger partial charge in [-0.3, -0.25) is 0 Å². The van der Waals surface area contributed by atoms with Crippen molar-refractivity contribution in [3.05, 3.63) is 23.4 Å². The van der Waals surface area contributed by atoms with E-state index in [1.54, 1.807) is 0 Å². The predicted molar refractivity (Wildman–Crippen MR) is 76.0 cm³/mol. The van der Waals surface area contributed by atoms with Crippen LogP contribution in [0.4, 0.5) is 19.0 Å². The molecule has 2 rings (SSSR count). The van der Waals surface area contributed by atoms with Gasteiger partial charge in [0.25, 0.3) is 5.72 Å². The van der Waals surface area contributed by atoms with E-state index in [1.807, 2.05) is 0 Å². The van der Waals surface area contributed by atoms with Crippen LogP contribution in [0.25, 0.3) is 0 Å². The van der Waals surface area contributed by atoms with E-state index in [0.717, 1.165) is 0 Å². The number of pyridine rings is 1. The van der Waals surface area contributed by atoms with Crippen LogP contribution >= 0.6 is 11.6 Å². The van der Waals surface area contributed by atoms with Crippen molar-refractivity contribution in [1.82, 2.24) is 4.98 Å². The van der Waals surface area contributed by atoms with E-state index >= 15 is 0 Å². The van der Waals surface area contributed by atoms with Gasteiger partial charge >= 0.3 is 12.1 Å². The largest absolute Gasteiger partial charge is 0.462 e. The van der Waals surface area contributed by atoms with Gasteiger partial charge in [0.15, 0.2) is 5.82 Å². The zero-order chi connectivity index (χ0) is 17.3. The van der Waals surface area contributed by atoms with E-state index in [9.17, 15) is 23.1 Å². The zero-order valence-corrected chi connectivity index (χ0v) is 12.7. The highest BCUT2D eigenvalue weighted by molar-refractivity contribution is 6.33. The maximum absolute atomic E-state index is 12.6. The molecule has 10 heteroatoms. The molecule has 23 heavy (non-hydrogen) atoms. The highest BCUT2D eigenvalue weighted by Gasteiger charge is 2.52. The van der Waals surface area contributed by atoms with Gasteiger partial charge in [-0.05, 0) is 19.1 Å². The van der Waals surface area contributed by atoms with E-state index in [-0.39, 0.29) is 17.4 Å². The fraction of sp³-hybridized carbons (Fsp3) is 0.462. The first kappa shape index (κ1) is 17.5. The maximum atomic E-state index is 12.6. The van der Waals surface area contributed by atoms with Crippen molar-refractivity contribution in [2.45, 2.75) is 31.7 Å². The Bertz CT molecular complexity index is 638. The lowest BCUT2D eigenvalue weighted by molar-refractivity contribution is -0.163. The summed E-state index contributed by atoms with van der Waals surface area (Å²) < 4.78 is 42.5. The average molecular weight is 352 g/mol. The quantitative estimate of drug-likeness (QED) is 0.844. The molecule has 0 aliphatic carbocycles. The first-order valence-corrected chi connectivity index (χ1v) is 6.98. The van der Waals surface area contributed by atoms with Gasteiger partial charge in [0, 0.05) is 12.6 Å². The second kappa shape index (κ2) is 6.32. The Kier molecular flexibility index (Phi) is 4.81. The Morgan fingerprint density at radius 3 is 2.83 bits per heavy atom. The molecule has 0 aromatic carbocycles. The third-order valence-electron chi connectivity index (χ3n) is 2.99. The summed E-state index contributed by atoms with van der Waals surface area (Å²) in [6, 6.07) is 2.90. The lowest BCUT2D eigenvalue weighted by Crippen LogP contribution is -2.51. The second-order valence-corrected chi connectivity index (χ2v) is 5.20. The number of hydrogen-bond donors (Lipinski definition) is 1. The molecule has 0 amide bonds. The number of hydrazone groups is 1. The lowest BCUT2D eigenvalue weighted by Gasteiger charge is -2.29. The predicted octanol–water partition coefficient (Wildman–Crippen LogP) is 2.51. The highest BCUT2D eigenvalue weighted by atomic mass is 35.5. The average Bonchev–Trinajstić information content (AvgIpc) is 2.75. The summed E-state index contributed by atoms with van der Waals surface area (Å²) in [7, 11) is 0. The first-order valence-electron chi connectivity index (χ1n) is 6.61. The van der Waals surface area contributed by atoms with E-state index in [2.05, 4.69) is 10.1 Å². The summed E-state index contributed by atoms with van der Waals surface area (Å²) in [6.07, 6.45) is -5.24. The molecule has 1 atom stereocenters. The van der Waals surface area contributed by atoms with Crippen LogP contribution in [0.3, 0.4) is 0 Å². The number of aliphatic hydroxyl groups is 1. The van der Waals surface area contributed by atoms with Gasteiger partial charge in [-0.1, -0.05) is 11.6 Å². The fourth-order valence-corrected chi connectivity index (χ4v) is 2.31. The molecule has 0 bridgehead atoms. The Morgan fingerprint density at radius 2 is 2.26 bits per heavy atom. The molecule has 126 valence electrons. The topological polar surface area (TPSA) is 75.0 Å². The molecule has 0 saturated heterocycles. The van der Waals surface area contributed by atoms with Gasteiger partial charge in [0.2, 0.25) is 0 Å². The van der Waals surface area contributed by atoms with Crippen LogP contribution in [0.1, 0.15) is 19.8 Å². The number of halogens is 4. The number of carbonyl (C=O) groups excluding carboxylic acids is 1. The van der Waals surface area contributed by atoms with E-state index in [0.29, 0.717) is 5.01 Å². The van der Waals surface area contributed by atoms with Crippen LogP contribution in [0.15, 0.2) is 23.4 Å². The van der Waals surface area contributed by atoms with Gasteiger partial charge in [0.05, 0.1) is 23.8 Å². The summed E-state index contributed by atoms with van der Waals surface area (Å²) in [5.41, 5.74) is -2.84. The van der Waals surface area contributed by atoms with Crippen molar-refractivity contribution in [3.8, 4) is 0 Å². The van der Waals surface area contributed by atoms with Crippen LogP contribution in [-0.4, -0.2) is 40.3 Å². The molecule has 1 aromatic heterocycles. The van der Waals surface area contributed by atoms with Crippen molar-refractivity contribution < 1.29 is 27.8 Å². The van der Waals surface area contributed by atoms with Crippen LogP contribution < -0.4 is 5.01 Å². The monoisotopic (exact) mass is 351 g/mol. The van der Waals surface area contributed by atoms with E-state index < -0.39 is 36.4 Å². The maximum Gasteiger partial charge on any atom is 0.394 e. The molecule has 2 heterocycles. The molecule has 1 unspecified atom stereocenters. The third kappa shape index (κ3) is 3.73. The minimum absolute atomic E-state index is 0.0206. The third-order valence-corrected chi connectivity index (χ3v) is 3.28. The number of esters is 1.